The van der Waals surface area contributed by atoms with E-state index >= 15 is 0 Å². The smallest absolute Gasteiger partial charge is 0.211 e. The summed E-state index contributed by atoms with van der Waals surface area (Å²) in [5.74, 6) is 0. The van der Waals surface area contributed by atoms with Crippen molar-refractivity contribution in [3.8, 4) is 0 Å². The van der Waals surface area contributed by atoms with Crippen LogP contribution in [0.25, 0.3) is 0 Å². The summed E-state index contributed by atoms with van der Waals surface area (Å²) in [7, 11) is -7.45. The Kier molecular flexibility index (Phi) is 5.24. The second kappa shape index (κ2) is 7.25. The van der Waals surface area contributed by atoms with E-state index in [4.69, 9.17) is 0 Å². The van der Waals surface area contributed by atoms with Crippen molar-refractivity contribution in [3.63, 3.8) is 0 Å². The Bertz CT molecular complexity index is 938. The van der Waals surface area contributed by atoms with Gasteiger partial charge in [0.15, 0.2) is 0 Å². The van der Waals surface area contributed by atoms with Gasteiger partial charge < -0.3 is 0 Å². The molecule has 0 atom stereocenters. The molecule has 2 aromatic carbocycles. The Morgan fingerprint density at radius 1 is 0.840 bits per heavy atom. The summed E-state index contributed by atoms with van der Waals surface area (Å²) in [6.07, 6.45) is 2.19. The third-order valence-corrected chi connectivity index (χ3v) is 6.85. The second-order valence-electron chi connectivity index (χ2n) is 6.00. The van der Waals surface area contributed by atoms with Crippen LogP contribution in [0, 0.1) is 0 Å². The van der Waals surface area contributed by atoms with E-state index in [2.05, 4.69) is 9.44 Å². The summed E-state index contributed by atoms with van der Waals surface area (Å²) in [6, 6.07) is 14.9. The lowest BCUT2D eigenvalue weighted by molar-refractivity contribution is 0.579. The molecule has 0 saturated heterocycles. The highest BCUT2D eigenvalue weighted by molar-refractivity contribution is 7.90. The summed E-state index contributed by atoms with van der Waals surface area (Å²) in [4.78, 5) is -0.0930. The van der Waals surface area contributed by atoms with Crippen molar-refractivity contribution in [2.75, 3.05) is 6.54 Å². The second-order valence-corrected chi connectivity index (χ2v) is 9.48. The monoisotopic (exact) mass is 380 g/mol. The lowest BCUT2D eigenvalue weighted by atomic mass is 10.2. The molecule has 1 fully saturated rings. The summed E-state index contributed by atoms with van der Waals surface area (Å²) in [6.45, 7) is 0.240. The van der Waals surface area contributed by atoms with Gasteiger partial charge in [0.25, 0.3) is 0 Å². The van der Waals surface area contributed by atoms with Crippen LogP contribution in [0.1, 0.15) is 18.4 Å². The highest BCUT2D eigenvalue weighted by atomic mass is 32.2. The number of hydrogen-bond donors (Lipinski definition) is 2. The van der Waals surface area contributed by atoms with Gasteiger partial charge in [0.05, 0.1) is 9.79 Å². The number of hydrogen-bond acceptors (Lipinski definition) is 4. The molecule has 2 N–H and O–H groups in total. The maximum atomic E-state index is 12.4. The minimum absolute atomic E-state index is 0.0331. The summed E-state index contributed by atoms with van der Waals surface area (Å²) in [5, 5.41) is 0. The normalized spacial score (nSPS) is 15.2. The maximum Gasteiger partial charge on any atom is 0.240 e. The number of sulfonamides is 2. The topological polar surface area (TPSA) is 92.3 Å². The standard InChI is InChI=1S/C17H20N2O4S2/c20-24(21,18-12-11-14-5-2-1-3-6-14)16-7-4-8-17(13-16)25(22,23)19-15-9-10-15/h1-8,13,15,18-19H,9-12H2. The van der Waals surface area contributed by atoms with Crippen LogP contribution < -0.4 is 9.44 Å². The van der Waals surface area contributed by atoms with Crippen LogP contribution in [0.15, 0.2) is 64.4 Å². The van der Waals surface area contributed by atoms with Crippen molar-refractivity contribution in [3.05, 3.63) is 60.2 Å². The average Bonchev–Trinajstić information content (AvgIpc) is 3.39. The lowest BCUT2D eigenvalue weighted by Gasteiger charge is -2.09. The summed E-state index contributed by atoms with van der Waals surface area (Å²) >= 11 is 0. The fourth-order valence-electron chi connectivity index (χ4n) is 2.35. The van der Waals surface area contributed by atoms with Crippen molar-refractivity contribution in [1.82, 2.24) is 9.44 Å². The van der Waals surface area contributed by atoms with E-state index in [0.29, 0.717) is 6.42 Å². The van der Waals surface area contributed by atoms with Crippen molar-refractivity contribution in [1.29, 1.82) is 0 Å². The molecule has 0 bridgehead atoms. The predicted molar refractivity (Wildman–Crippen MR) is 95.1 cm³/mol. The van der Waals surface area contributed by atoms with Gasteiger partial charge in [-0.2, -0.15) is 0 Å². The van der Waals surface area contributed by atoms with Crippen LogP contribution in [0.5, 0.6) is 0 Å². The maximum absolute atomic E-state index is 12.4. The number of nitrogens with one attached hydrogen (secondary N) is 2. The van der Waals surface area contributed by atoms with Gasteiger partial charge >= 0.3 is 0 Å². The first-order valence-electron chi connectivity index (χ1n) is 8.03. The van der Waals surface area contributed by atoms with E-state index in [1.165, 1.54) is 24.3 Å². The highest BCUT2D eigenvalue weighted by Gasteiger charge is 2.28. The average molecular weight is 380 g/mol. The first kappa shape index (κ1) is 18.1. The quantitative estimate of drug-likeness (QED) is 0.728. The molecule has 0 aliphatic heterocycles. The van der Waals surface area contributed by atoms with Crippen LogP contribution >= 0.6 is 0 Å². The van der Waals surface area contributed by atoms with Gasteiger partial charge in [-0.1, -0.05) is 36.4 Å². The van der Waals surface area contributed by atoms with Gasteiger partial charge in [0, 0.05) is 12.6 Å². The molecule has 134 valence electrons. The molecule has 8 heteroatoms. The van der Waals surface area contributed by atoms with Crippen molar-refractivity contribution >= 4 is 20.0 Å². The Hall–Kier alpha value is -1.74. The third-order valence-electron chi connectivity index (χ3n) is 3.87. The Morgan fingerprint density at radius 3 is 2.12 bits per heavy atom. The summed E-state index contributed by atoms with van der Waals surface area (Å²) in [5.41, 5.74) is 1.02. The molecule has 3 rings (SSSR count). The fraction of sp³-hybridized carbons (Fsp3) is 0.294. The van der Waals surface area contributed by atoms with E-state index in [-0.39, 0.29) is 22.4 Å². The first-order valence-corrected chi connectivity index (χ1v) is 11.0. The zero-order valence-electron chi connectivity index (χ0n) is 13.6. The molecule has 25 heavy (non-hydrogen) atoms. The molecule has 2 aromatic rings. The molecule has 0 amide bonds. The molecule has 0 aromatic heterocycles. The van der Waals surface area contributed by atoms with E-state index in [1.807, 2.05) is 30.3 Å². The molecule has 0 unspecified atom stereocenters. The third kappa shape index (κ3) is 4.88. The molecule has 1 aliphatic rings. The molecule has 0 spiro atoms. The van der Waals surface area contributed by atoms with E-state index < -0.39 is 20.0 Å². The van der Waals surface area contributed by atoms with Crippen LogP contribution in [-0.2, 0) is 26.5 Å². The molecular formula is C17H20N2O4S2. The number of benzene rings is 2. The SMILES string of the molecule is O=S(=O)(NCCc1ccccc1)c1cccc(S(=O)(=O)NC2CC2)c1. The van der Waals surface area contributed by atoms with E-state index in [9.17, 15) is 16.8 Å². The van der Waals surface area contributed by atoms with Crippen molar-refractivity contribution < 1.29 is 16.8 Å². The van der Waals surface area contributed by atoms with Crippen LogP contribution in [-0.4, -0.2) is 29.4 Å². The van der Waals surface area contributed by atoms with Gasteiger partial charge in [-0.05, 0) is 43.0 Å². The van der Waals surface area contributed by atoms with Gasteiger partial charge in [0.1, 0.15) is 0 Å². The zero-order valence-corrected chi connectivity index (χ0v) is 15.2. The van der Waals surface area contributed by atoms with Crippen LogP contribution in [0.4, 0.5) is 0 Å². The number of rotatable bonds is 8. The molecular weight excluding hydrogens is 360 g/mol. The Labute approximate surface area is 148 Å². The van der Waals surface area contributed by atoms with Gasteiger partial charge in [-0.25, -0.2) is 26.3 Å². The minimum Gasteiger partial charge on any atom is -0.211 e. The fourth-order valence-corrected chi connectivity index (χ4v) is 4.86. The predicted octanol–water partition coefficient (Wildman–Crippen LogP) is 1.65. The van der Waals surface area contributed by atoms with Crippen molar-refractivity contribution in [2.24, 2.45) is 0 Å². The minimum atomic E-state index is -3.77. The largest absolute Gasteiger partial charge is 0.240 e. The van der Waals surface area contributed by atoms with E-state index in [1.54, 1.807) is 0 Å². The molecule has 0 radical (unpaired) electrons. The highest BCUT2D eigenvalue weighted by Crippen LogP contribution is 2.23. The van der Waals surface area contributed by atoms with Gasteiger partial charge in [0.2, 0.25) is 20.0 Å². The Morgan fingerprint density at radius 2 is 1.48 bits per heavy atom. The summed E-state index contributed by atoms with van der Waals surface area (Å²) < 4.78 is 54.3. The molecule has 1 aliphatic carbocycles. The van der Waals surface area contributed by atoms with Gasteiger partial charge in [-0.15, -0.1) is 0 Å². The van der Waals surface area contributed by atoms with Crippen LogP contribution in [0.2, 0.25) is 0 Å². The zero-order chi connectivity index (χ0) is 17.9. The van der Waals surface area contributed by atoms with Gasteiger partial charge in [-0.3, -0.25) is 0 Å². The van der Waals surface area contributed by atoms with Crippen molar-refractivity contribution in [2.45, 2.75) is 35.1 Å². The Balaban J connectivity index is 1.70. The molecule has 6 nitrogen and oxygen atoms in total. The first-order chi connectivity index (χ1) is 11.9. The van der Waals surface area contributed by atoms with E-state index in [0.717, 1.165) is 18.4 Å². The lowest BCUT2D eigenvalue weighted by Crippen LogP contribution is -2.28. The molecule has 0 heterocycles. The van der Waals surface area contributed by atoms with Crippen LogP contribution in [0.3, 0.4) is 0 Å². The molecule has 1 saturated carbocycles.